The van der Waals surface area contributed by atoms with Crippen LogP contribution in [0, 0.1) is 0 Å². The molecule has 1 aromatic rings. The van der Waals surface area contributed by atoms with Gasteiger partial charge in [-0.3, -0.25) is 14.5 Å². The van der Waals surface area contributed by atoms with Gasteiger partial charge in [-0.05, 0) is 17.7 Å². The van der Waals surface area contributed by atoms with Crippen LogP contribution in [0.4, 0.5) is 0 Å². The van der Waals surface area contributed by atoms with Crippen molar-refractivity contribution < 1.29 is 24.6 Å². The lowest BCUT2D eigenvalue weighted by molar-refractivity contribution is -0.148. The van der Waals surface area contributed by atoms with Gasteiger partial charge in [0.1, 0.15) is 17.1 Å². The van der Waals surface area contributed by atoms with E-state index in [1.165, 1.54) is 28.0 Å². The molecule has 122 valence electrons. The van der Waals surface area contributed by atoms with Gasteiger partial charge in [-0.15, -0.1) is 23.1 Å². The quantitative estimate of drug-likeness (QED) is 0.658. The molecule has 0 saturated carbocycles. The second-order valence-corrected chi connectivity index (χ2v) is 7.67. The standard InChI is InChI=1S/C14H14N2O5S2/c15-10-12(19)16-11(14(20)21)6(5-22-13(10)16)3-7-1-2-8(23-7)4-9(17)18/h1-2,10,13H,3-5,15H2,(H,17,18)(H,20,21)/t10-,13-/m1/s1. The minimum atomic E-state index is -1.13. The first-order chi connectivity index (χ1) is 10.9. The lowest BCUT2D eigenvalue weighted by Gasteiger charge is -2.48. The van der Waals surface area contributed by atoms with Crippen molar-refractivity contribution in [2.45, 2.75) is 24.3 Å². The largest absolute Gasteiger partial charge is 0.481 e. The van der Waals surface area contributed by atoms with Crippen molar-refractivity contribution in [3.63, 3.8) is 0 Å². The van der Waals surface area contributed by atoms with Gasteiger partial charge >= 0.3 is 11.9 Å². The second-order valence-electron chi connectivity index (χ2n) is 5.31. The summed E-state index contributed by atoms with van der Waals surface area (Å²) in [5.41, 5.74) is 6.38. The molecule has 3 heterocycles. The molecule has 0 spiro atoms. The van der Waals surface area contributed by atoms with E-state index in [2.05, 4.69) is 0 Å². The minimum absolute atomic E-state index is 0.0219. The minimum Gasteiger partial charge on any atom is -0.481 e. The Kier molecular flexibility index (Phi) is 4.17. The fraction of sp³-hybridized carbons (Fsp3) is 0.357. The molecule has 1 saturated heterocycles. The number of carboxylic acids is 2. The Hall–Kier alpha value is -1.84. The molecule has 23 heavy (non-hydrogen) atoms. The lowest BCUT2D eigenvalue weighted by atomic mass is 10.0. The monoisotopic (exact) mass is 354 g/mol. The van der Waals surface area contributed by atoms with Crippen molar-refractivity contribution in [2.75, 3.05) is 5.75 Å². The number of hydrogen-bond donors (Lipinski definition) is 3. The Bertz CT molecular complexity index is 727. The number of carbonyl (C=O) groups excluding carboxylic acids is 1. The molecule has 0 aromatic carbocycles. The van der Waals surface area contributed by atoms with Crippen LogP contribution in [0.1, 0.15) is 9.75 Å². The first-order valence-corrected chi connectivity index (χ1v) is 8.70. The van der Waals surface area contributed by atoms with E-state index < -0.39 is 18.0 Å². The highest BCUT2D eigenvalue weighted by Crippen LogP contribution is 2.40. The Balaban J connectivity index is 1.85. The summed E-state index contributed by atoms with van der Waals surface area (Å²) in [6, 6.07) is 2.90. The van der Waals surface area contributed by atoms with E-state index in [4.69, 9.17) is 10.8 Å². The van der Waals surface area contributed by atoms with Gasteiger partial charge in [-0.2, -0.15) is 0 Å². The molecule has 1 fully saturated rings. The maximum Gasteiger partial charge on any atom is 0.352 e. The van der Waals surface area contributed by atoms with Gasteiger partial charge in [-0.25, -0.2) is 4.79 Å². The van der Waals surface area contributed by atoms with Crippen LogP contribution < -0.4 is 5.73 Å². The predicted molar refractivity (Wildman–Crippen MR) is 85.1 cm³/mol. The molecule has 1 aromatic heterocycles. The van der Waals surface area contributed by atoms with Gasteiger partial charge in [-0.1, -0.05) is 0 Å². The summed E-state index contributed by atoms with van der Waals surface area (Å²) >= 11 is 2.80. The van der Waals surface area contributed by atoms with Crippen molar-refractivity contribution in [1.82, 2.24) is 4.90 Å². The number of carboxylic acid groups (broad SMARTS) is 2. The topological polar surface area (TPSA) is 121 Å². The number of β-lactam (4-membered cyclic amide) rings is 1. The molecular weight excluding hydrogens is 340 g/mol. The number of aliphatic carboxylic acids is 2. The summed E-state index contributed by atoms with van der Waals surface area (Å²) in [6.07, 6.45) is 0.344. The molecule has 9 heteroatoms. The molecule has 3 rings (SSSR count). The Morgan fingerprint density at radius 1 is 1.30 bits per heavy atom. The van der Waals surface area contributed by atoms with E-state index in [0.717, 1.165) is 4.88 Å². The number of hydrogen-bond acceptors (Lipinski definition) is 6. The number of thiophene rings is 1. The normalized spacial score (nSPS) is 23.5. The number of fused-ring (bicyclic) bond motifs is 1. The van der Waals surface area contributed by atoms with E-state index in [1.54, 1.807) is 12.1 Å². The van der Waals surface area contributed by atoms with E-state index in [-0.39, 0.29) is 23.4 Å². The molecule has 1 amide bonds. The van der Waals surface area contributed by atoms with Gasteiger partial charge < -0.3 is 15.9 Å². The molecule has 7 nitrogen and oxygen atoms in total. The number of nitrogens with two attached hydrogens (primary N) is 1. The number of amides is 1. The van der Waals surface area contributed by atoms with Crippen molar-refractivity contribution in [3.8, 4) is 0 Å². The molecule has 2 aliphatic heterocycles. The zero-order chi connectivity index (χ0) is 16.7. The van der Waals surface area contributed by atoms with Crippen molar-refractivity contribution in [2.24, 2.45) is 5.73 Å². The smallest absolute Gasteiger partial charge is 0.352 e. The van der Waals surface area contributed by atoms with Crippen LogP contribution in [0.15, 0.2) is 23.4 Å². The third-order valence-corrected chi connectivity index (χ3v) is 6.17. The molecule has 0 bridgehead atoms. The van der Waals surface area contributed by atoms with E-state index in [0.29, 0.717) is 22.6 Å². The molecule has 0 unspecified atom stereocenters. The molecule has 2 aliphatic rings. The number of thioether (sulfide) groups is 1. The van der Waals surface area contributed by atoms with Crippen LogP contribution in [0.5, 0.6) is 0 Å². The van der Waals surface area contributed by atoms with Gasteiger partial charge in [0.25, 0.3) is 0 Å². The Morgan fingerprint density at radius 3 is 2.65 bits per heavy atom. The van der Waals surface area contributed by atoms with Crippen LogP contribution in [-0.2, 0) is 27.2 Å². The maximum absolute atomic E-state index is 11.9. The summed E-state index contributed by atoms with van der Waals surface area (Å²) in [5, 5.41) is 18.0. The molecular formula is C14H14N2O5S2. The van der Waals surface area contributed by atoms with Crippen molar-refractivity contribution in [1.29, 1.82) is 0 Å². The highest BCUT2D eigenvalue weighted by Gasteiger charge is 2.51. The van der Waals surface area contributed by atoms with Gasteiger partial charge in [0.05, 0.1) is 6.42 Å². The maximum atomic E-state index is 11.9. The average molecular weight is 354 g/mol. The fourth-order valence-electron chi connectivity index (χ4n) is 2.69. The van der Waals surface area contributed by atoms with E-state index >= 15 is 0 Å². The Morgan fingerprint density at radius 2 is 2.00 bits per heavy atom. The van der Waals surface area contributed by atoms with Gasteiger partial charge in [0, 0.05) is 21.9 Å². The first-order valence-electron chi connectivity index (χ1n) is 6.83. The van der Waals surface area contributed by atoms with Crippen LogP contribution >= 0.6 is 23.1 Å². The Labute approximate surface area is 139 Å². The third kappa shape index (κ3) is 2.87. The highest BCUT2D eigenvalue weighted by molar-refractivity contribution is 8.00. The summed E-state index contributed by atoms with van der Waals surface area (Å²) < 4.78 is 0. The van der Waals surface area contributed by atoms with Crippen molar-refractivity contribution >= 4 is 40.9 Å². The molecule has 0 radical (unpaired) electrons. The SMILES string of the molecule is N[C@@H]1C(=O)N2C(C(=O)O)=C(Cc3ccc(CC(=O)O)s3)CS[C@H]12. The summed E-state index contributed by atoms with van der Waals surface area (Å²) in [5.74, 6) is -1.90. The third-order valence-electron chi connectivity index (χ3n) is 3.72. The molecule has 2 atom stereocenters. The van der Waals surface area contributed by atoms with E-state index in [9.17, 15) is 19.5 Å². The zero-order valence-corrected chi connectivity index (χ0v) is 13.5. The van der Waals surface area contributed by atoms with Crippen molar-refractivity contribution in [3.05, 3.63) is 33.2 Å². The molecule has 0 aliphatic carbocycles. The molecule has 4 N–H and O–H groups in total. The van der Waals surface area contributed by atoms with Crippen LogP contribution in [0.25, 0.3) is 0 Å². The highest BCUT2D eigenvalue weighted by atomic mass is 32.2. The first kappa shape index (κ1) is 16.0. The predicted octanol–water partition coefficient (Wildman–Crippen LogP) is 0.499. The summed E-state index contributed by atoms with van der Waals surface area (Å²) in [4.78, 5) is 37.0. The van der Waals surface area contributed by atoms with Crippen LogP contribution in [0.2, 0.25) is 0 Å². The zero-order valence-electron chi connectivity index (χ0n) is 11.9. The number of nitrogens with zero attached hydrogens (tertiary/aromatic N) is 1. The van der Waals surface area contributed by atoms with Gasteiger partial charge in [0.2, 0.25) is 5.91 Å². The second kappa shape index (κ2) is 5.99. The number of rotatable bonds is 5. The lowest BCUT2D eigenvalue weighted by Crippen LogP contribution is -2.68. The summed E-state index contributed by atoms with van der Waals surface area (Å²) in [7, 11) is 0. The van der Waals surface area contributed by atoms with Crippen LogP contribution in [-0.4, -0.2) is 50.1 Å². The fourth-order valence-corrected chi connectivity index (χ4v) is 5.03. The number of carbonyl (C=O) groups is 3. The van der Waals surface area contributed by atoms with Crippen LogP contribution in [0.3, 0.4) is 0 Å². The summed E-state index contributed by atoms with van der Waals surface area (Å²) in [6.45, 7) is 0. The van der Waals surface area contributed by atoms with E-state index in [1.807, 2.05) is 0 Å². The van der Waals surface area contributed by atoms with Gasteiger partial charge in [0.15, 0.2) is 0 Å². The average Bonchev–Trinajstić information content (AvgIpc) is 2.91.